The smallest absolute Gasteiger partial charge is 0.121 e. The highest BCUT2D eigenvalue weighted by Crippen LogP contribution is 2.05. The summed E-state index contributed by atoms with van der Waals surface area (Å²) < 4.78 is 7.06. The topological polar surface area (TPSA) is 26.2 Å². The van der Waals surface area contributed by atoms with Gasteiger partial charge in [-0.2, -0.15) is 0 Å². The van der Waals surface area contributed by atoms with Crippen molar-refractivity contribution in [3.8, 4) is 0 Å². The maximum Gasteiger partial charge on any atom is 0.121 e. The normalized spacial score (nSPS) is 12.0. The number of hydrogen-bond donors (Lipinski definition) is 1. The Kier molecular flexibility index (Phi) is 3.72. The van der Waals surface area contributed by atoms with Crippen LogP contribution >= 0.6 is 0 Å². The summed E-state index contributed by atoms with van der Waals surface area (Å²) in [5.41, 5.74) is 1.46. The van der Waals surface area contributed by atoms with E-state index in [9.17, 15) is 0 Å². The third kappa shape index (κ3) is 3.94. The lowest BCUT2D eigenvalue weighted by Gasteiger charge is -2.19. The second-order valence-electron chi connectivity index (χ2n) is 4.56. The van der Waals surface area contributed by atoms with Gasteiger partial charge in [0.2, 0.25) is 0 Å². The van der Waals surface area contributed by atoms with Crippen molar-refractivity contribution >= 4 is 0 Å². The molecule has 0 spiro atoms. The molecule has 0 aliphatic carbocycles. The van der Waals surface area contributed by atoms with Crippen LogP contribution in [-0.2, 0) is 18.0 Å². The van der Waals surface area contributed by atoms with Gasteiger partial charge in [-0.3, -0.25) is 0 Å². The third-order valence-corrected chi connectivity index (χ3v) is 1.91. The van der Waals surface area contributed by atoms with Crippen molar-refractivity contribution in [3.05, 3.63) is 24.0 Å². The van der Waals surface area contributed by atoms with Crippen molar-refractivity contribution < 1.29 is 4.74 Å². The zero-order valence-electron chi connectivity index (χ0n) is 9.50. The molecular formula is C11H20N2O. The molecule has 80 valence electrons. The molecule has 0 aliphatic heterocycles. The van der Waals surface area contributed by atoms with E-state index in [4.69, 9.17) is 4.74 Å². The van der Waals surface area contributed by atoms with Crippen molar-refractivity contribution in [2.75, 3.05) is 7.11 Å². The molecule has 0 aromatic carbocycles. The van der Waals surface area contributed by atoms with E-state index in [2.05, 4.69) is 38.4 Å². The summed E-state index contributed by atoms with van der Waals surface area (Å²) in [6.07, 6.45) is 4.13. The van der Waals surface area contributed by atoms with Crippen LogP contribution in [-0.4, -0.2) is 17.2 Å². The Labute approximate surface area is 86.1 Å². The minimum Gasteiger partial charge on any atom is -0.364 e. The predicted molar refractivity (Wildman–Crippen MR) is 58.0 cm³/mol. The van der Waals surface area contributed by atoms with Crippen molar-refractivity contribution in [1.82, 2.24) is 9.88 Å². The minimum absolute atomic E-state index is 0.170. The van der Waals surface area contributed by atoms with Crippen LogP contribution in [0.5, 0.6) is 0 Å². The van der Waals surface area contributed by atoms with E-state index in [-0.39, 0.29) is 5.54 Å². The Morgan fingerprint density at radius 1 is 1.43 bits per heavy atom. The number of aromatic nitrogens is 1. The Bertz CT molecular complexity index is 273. The maximum atomic E-state index is 5.03. The fourth-order valence-corrected chi connectivity index (χ4v) is 1.19. The molecular weight excluding hydrogens is 176 g/mol. The summed E-state index contributed by atoms with van der Waals surface area (Å²) in [5.74, 6) is 0. The molecule has 3 nitrogen and oxygen atoms in total. The number of rotatable bonds is 4. The number of hydrogen-bond acceptors (Lipinski definition) is 2. The first-order valence-electron chi connectivity index (χ1n) is 4.90. The van der Waals surface area contributed by atoms with Crippen LogP contribution in [0.15, 0.2) is 18.5 Å². The number of methoxy groups -OCH3 is 1. The van der Waals surface area contributed by atoms with Crippen molar-refractivity contribution in [2.24, 2.45) is 0 Å². The summed E-state index contributed by atoms with van der Waals surface area (Å²) in [5, 5.41) is 3.44. The Morgan fingerprint density at radius 2 is 2.14 bits per heavy atom. The van der Waals surface area contributed by atoms with Gasteiger partial charge in [-0.1, -0.05) is 0 Å². The molecule has 0 aliphatic rings. The second kappa shape index (κ2) is 4.62. The van der Waals surface area contributed by atoms with Crippen molar-refractivity contribution in [2.45, 2.75) is 39.6 Å². The highest BCUT2D eigenvalue weighted by molar-refractivity contribution is 5.10. The molecule has 0 atom stereocenters. The Balaban J connectivity index is 2.44. The van der Waals surface area contributed by atoms with E-state index in [1.807, 2.05) is 10.8 Å². The highest BCUT2D eigenvalue weighted by atomic mass is 16.5. The monoisotopic (exact) mass is 196 g/mol. The third-order valence-electron chi connectivity index (χ3n) is 1.91. The van der Waals surface area contributed by atoms with E-state index in [1.165, 1.54) is 5.56 Å². The molecule has 0 unspecified atom stereocenters. The first-order chi connectivity index (χ1) is 6.51. The van der Waals surface area contributed by atoms with Crippen LogP contribution in [0, 0.1) is 0 Å². The Hall–Kier alpha value is -0.800. The molecule has 0 radical (unpaired) electrons. The lowest BCUT2D eigenvalue weighted by atomic mass is 10.1. The molecule has 3 heteroatoms. The van der Waals surface area contributed by atoms with Gasteiger partial charge in [0.15, 0.2) is 0 Å². The molecule has 0 amide bonds. The van der Waals surface area contributed by atoms with Gasteiger partial charge < -0.3 is 14.6 Å². The predicted octanol–water partition coefficient (Wildman–Crippen LogP) is 1.98. The standard InChI is InChI=1S/C11H20N2O/c1-11(2,3)12-7-10-5-6-13(8-10)9-14-4/h5-6,8,12H,7,9H2,1-4H3. The van der Waals surface area contributed by atoms with Crippen LogP contribution in [0.3, 0.4) is 0 Å². The maximum absolute atomic E-state index is 5.03. The average molecular weight is 196 g/mol. The van der Waals surface area contributed by atoms with Crippen LogP contribution in [0.2, 0.25) is 0 Å². The van der Waals surface area contributed by atoms with Crippen LogP contribution in [0.4, 0.5) is 0 Å². The molecule has 1 aromatic rings. The fraction of sp³-hybridized carbons (Fsp3) is 0.636. The first kappa shape index (κ1) is 11.3. The molecule has 14 heavy (non-hydrogen) atoms. The van der Waals surface area contributed by atoms with Gasteiger partial charge in [-0.15, -0.1) is 0 Å². The number of nitrogens with one attached hydrogen (secondary N) is 1. The molecule has 1 N–H and O–H groups in total. The second-order valence-corrected chi connectivity index (χ2v) is 4.56. The van der Waals surface area contributed by atoms with Crippen molar-refractivity contribution in [3.63, 3.8) is 0 Å². The van der Waals surface area contributed by atoms with E-state index in [0.29, 0.717) is 6.73 Å². The minimum atomic E-state index is 0.170. The van der Waals surface area contributed by atoms with Gasteiger partial charge in [-0.05, 0) is 32.4 Å². The molecule has 0 fully saturated rings. The molecule has 1 rings (SSSR count). The molecule has 1 aromatic heterocycles. The van der Waals surface area contributed by atoms with E-state index >= 15 is 0 Å². The molecule has 1 heterocycles. The van der Waals surface area contributed by atoms with Gasteiger partial charge in [0.05, 0.1) is 0 Å². The fourth-order valence-electron chi connectivity index (χ4n) is 1.19. The summed E-state index contributed by atoms with van der Waals surface area (Å²) in [6, 6.07) is 2.11. The van der Waals surface area contributed by atoms with Crippen LogP contribution in [0.1, 0.15) is 26.3 Å². The molecule has 0 saturated carbocycles. The van der Waals surface area contributed by atoms with E-state index in [0.717, 1.165) is 6.54 Å². The first-order valence-corrected chi connectivity index (χ1v) is 4.90. The zero-order valence-corrected chi connectivity index (χ0v) is 9.50. The zero-order chi connectivity index (χ0) is 10.6. The van der Waals surface area contributed by atoms with Gasteiger partial charge >= 0.3 is 0 Å². The summed E-state index contributed by atoms with van der Waals surface area (Å²) in [6.45, 7) is 8.02. The van der Waals surface area contributed by atoms with E-state index < -0.39 is 0 Å². The van der Waals surface area contributed by atoms with Crippen LogP contribution < -0.4 is 5.32 Å². The Morgan fingerprint density at radius 3 is 2.71 bits per heavy atom. The van der Waals surface area contributed by atoms with Crippen LogP contribution in [0.25, 0.3) is 0 Å². The summed E-state index contributed by atoms with van der Waals surface area (Å²) >= 11 is 0. The van der Waals surface area contributed by atoms with Crippen molar-refractivity contribution in [1.29, 1.82) is 0 Å². The average Bonchev–Trinajstić information content (AvgIpc) is 2.49. The van der Waals surface area contributed by atoms with Gasteiger partial charge in [0.1, 0.15) is 6.73 Å². The van der Waals surface area contributed by atoms with Gasteiger partial charge in [0, 0.05) is 31.6 Å². The summed E-state index contributed by atoms with van der Waals surface area (Å²) in [4.78, 5) is 0. The lowest BCUT2D eigenvalue weighted by molar-refractivity contribution is 0.131. The summed E-state index contributed by atoms with van der Waals surface area (Å²) in [7, 11) is 1.70. The largest absolute Gasteiger partial charge is 0.364 e. The number of nitrogens with zero attached hydrogens (tertiary/aromatic N) is 1. The quantitative estimate of drug-likeness (QED) is 0.797. The van der Waals surface area contributed by atoms with Gasteiger partial charge in [0.25, 0.3) is 0 Å². The molecule has 0 bridgehead atoms. The molecule has 0 saturated heterocycles. The lowest BCUT2D eigenvalue weighted by Crippen LogP contribution is -2.34. The van der Waals surface area contributed by atoms with Gasteiger partial charge in [-0.25, -0.2) is 0 Å². The van der Waals surface area contributed by atoms with E-state index in [1.54, 1.807) is 7.11 Å². The highest BCUT2D eigenvalue weighted by Gasteiger charge is 2.08. The SMILES string of the molecule is COCn1ccc(CNC(C)(C)C)c1. The number of ether oxygens (including phenoxy) is 1.